The largest absolute Gasteiger partial charge is 0.489 e. The molecule has 1 heterocycles. The molecule has 0 aromatic heterocycles. The number of carbonyl (C=O) groups is 3. The van der Waals surface area contributed by atoms with Crippen LogP contribution in [0.15, 0.2) is 84.9 Å². The van der Waals surface area contributed by atoms with Crippen LogP contribution in [0, 0.1) is 0 Å². The molecule has 1 N–H and O–H groups in total. The molecular weight excluding hydrogens is 440 g/mol. The molecule has 1 saturated heterocycles. The van der Waals surface area contributed by atoms with E-state index in [1.165, 1.54) is 5.56 Å². The number of nitrogens with one attached hydrogen (secondary N) is 1. The van der Waals surface area contributed by atoms with Crippen molar-refractivity contribution < 1.29 is 19.1 Å². The van der Waals surface area contributed by atoms with Crippen molar-refractivity contribution in [2.45, 2.75) is 31.8 Å². The minimum atomic E-state index is -0.349. The van der Waals surface area contributed by atoms with E-state index in [0.29, 0.717) is 49.2 Å². The van der Waals surface area contributed by atoms with E-state index >= 15 is 0 Å². The molecular formula is C29H30N2O4. The van der Waals surface area contributed by atoms with Gasteiger partial charge in [0.1, 0.15) is 11.9 Å². The normalized spacial score (nSPS) is 13.8. The number of ketones is 1. The fourth-order valence-corrected chi connectivity index (χ4v) is 4.20. The fourth-order valence-electron chi connectivity index (χ4n) is 4.20. The Balaban J connectivity index is 1.27. The van der Waals surface area contributed by atoms with Crippen molar-refractivity contribution in [1.29, 1.82) is 0 Å². The van der Waals surface area contributed by atoms with E-state index in [1.807, 2.05) is 47.4 Å². The van der Waals surface area contributed by atoms with E-state index < -0.39 is 0 Å². The van der Waals surface area contributed by atoms with Gasteiger partial charge in [-0.15, -0.1) is 0 Å². The Labute approximate surface area is 205 Å². The number of aryl methyl sites for hydroxylation is 1. The number of hydrogen-bond donors (Lipinski definition) is 1. The lowest BCUT2D eigenvalue weighted by Crippen LogP contribution is -2.42. The number of amides is 2. The first-order valence-corrected chi connectivity index (χ1v) is 12.0. The van der Waals surface area contributed by atoms with Gasteiger partial charge in [-0.05, 0) is 24.1 Å². The smallest absolute Gasteiger partial charge is 0.255 e. The van der Waals surface area contributed by atoms with Crippen LogP contribution in [0.1, 0.15) is 45.5 Å². The molecule has 180 valence electrons. The van der Waals surface area contributed by atoms with Gasteiger partial charge in [0.25, 0.3) is 5.91 Å². The summed E-state index contributed by atoms with van der Waals surface area (Å²) in [5.74, 6) is 0.154. The van der Waals surface area contributed by atoms with Gasteiger partial charge in [-0.2, -0.15) is 0 Å². The van der Waals surface area contributed by atoms with Crippen molar-refractivity contribution in [1.82, 2.24) is 10.2 Å². The lowest BCUT2D eigenvalue weighted by molar-refractivity contribution is -0.132. The van der Waals surface area contributed by atoms with Crippen molar-refractivity contribution in [3.05, 3.63) is 102 Å². The van der Waals surface area contributed by atoms with E-state index in [2.05, 4.69) is 5.32 Å². The van der Waals surface area contributed by atoms with Gasteiger partial charge >= 0.3 is 0 Å². The van der Waals surface area contributed by atoms with Gasteiger partial charge in [0.05, 0.1) is 12.1 Å². The average molecular weight is 471 g/mol. The predicted octanol–water partition coefficient (Wildman–Crippen LogP) is 4.30. The summed E-state index contributed by atoms with van der Waals surface area (Å²) in [5, 5.41) is 2.70. The van der Waals surface area contributed by atoms with Gasteiger partial charge in [0.2, 0.25) is 5.91 Å². The Morgan fingerprint density at radius 3 is 2.17 bits per heavy atom. The molecule has 1 aliphatic rings. The molecule has 0 spiro atoms. The molecule has 1 aliphatic heterocycles. The molecule has 0 saturated carbocycles. The second-order valence-electron chi connectivity index (χ2n) is 8.65. The second kappa shape index (κ2) is 12.0. The summed E-state index contributed by atoms with van der Waals surface area (Å²) in [5.41, 5.74) is 2.12. The van der Waals surface area contributed by atoms with Gasteiger partial charge in [-0.25, -0.2) is 0 Å². The summed E-state index contributed by atoms with van der Waals surface area (Å²) in [6, 6.07) is 26.0. The summed E-state index contributed by atoms with van der Waals surface area (Å²) >= 11 is 0. The topological polar surface area (TPSA) is 75.7 Å². The first-order chi connectivity index (χ1) is 17.1. The second-order valence-corrected chi connectivity index (χ2v) is 8.65. The quantitative estimate of drug-likeness (QED) is 0.473. The molecule has 0 aliphatic carbocycles. The van der Waals surface area contributed by atoms with E-state index in [-0.39, 0.29) is 30.2 Å². The minimum Gasteiger partial charge on any atom is -0.489 e. The molecule has 0 atom stereocenters. The van der Waals surface area contributed by atoms with E-state index in [4.69, 9.17) is 4.74 Å². The molecule has 35 heavy (non-hydrogen) atoms. The summed E-state index contributed by atoms with van der Waals surface area (Å²) in [6.07, 6.45) is 2.58. The standard InChI is InChI=1S/C29H30N2O4/c32-26(23-11-5-2-6-12-23)21-30-29(34)25-13-7-8-14-27(25)35-24-17-19-31(20-18-24)28(33)16-15-22-9-3-1-4-10-22/h1-14,24H,15-21H2,(H,30,34). The van der Waals surface area contributed by atoms with Gasteiger partial charge in [-0.1, -0.05) is 72.8 Å². The number of ether oxygens (including phenoxy) is 1. The van der Waals surface area contributed by atoms with Crippen molar-refractivity contribution in [2.24, 2.45) is 0 Å². The first kappa shape index (κ1) is 24.2. The number of likely N-dealkylation sites (tertiary alicyclic amines) is 1. The van der Waals surface area contributed by atoms with Gasteiger partial charge in [0, 0.05) is 37.9 Å². The van der Waals surface area contributed by atoms with Crippen molar-refractivity contribution in [3.63, 3.8) is 0 Å². The summed E-state index contributed by atoms with van der Waals surface area (Å²) in [7, 11) is 0. The zero-order chi connectivity index (χ0) is 24.5. The molecule has 3 aromatic rings. The fraction of sp³-hybridized carbons (Fsp3) is 0.276. The number of Topliss-reactive ketones (excluding diaryl/α,β-unsaturated/α-hetero) is 1. The highest BCUT2D eigenvalue weighted by molar-refractivity contribution is 6.03. The van der Waals surface area contributed by atoms with Crippen LogP contribution in [0.3, 0.4) is 0 Å². The van der Waals surface area contributed by atoms with Gasteiger partial charge < -0.3 is 15.0 Å². The SMILES string of the molecule is O=C(CNC(=O)c1ccccc1OC1CCN(C(=O)CCc2ccccc2)CC1)c1ccccc1. The molecule has 0 unspecified atom stereocenters. The molecule has 0 bridgehead atoms. The van der Waals surface area contributed by atoms with Crippen molar-refractivity contribution in [3.8, 4) is 5.75 Å². The Morgan fingerprint density at radius 2 is 1.46 bits per heavy atom. The van der Waals surface area contributed by atoms with E-state index in [0.717, 1.165) is 6.42 Å². The van der Waals surface area contributed by atoms with Crippen LogP contribution in [-0.4, -0.2) is 48.2 Å². The number of rotatable bonds is 9. The zero-order valence-corrected chi connectivity index (χ0v) is 19.7. The zero-order valence-electron chi connectivity index (χ0n) is 19.7. The van der Waals surface area contributed by atoms with Crippen LogP contribution in [-0.2, 0) is 11.2 Å². The third-order valence-corrected chi connectivity index (χ3v) is 6.20. The molecule has 3 aromatic carbocycles. The molecule has 4 rings (SSSR count). The number of benzene rings is 3. The third kappa shape index (κ3) is 6.79. The monoisotopic (exact) mass is 470 g/mol. The van der Waals surface area contributed by atoms with Crippen LogP contribution in [0.2, 0.25) is 0 Å². The van der Waals surface area contributed by atoms with Crippen molar-refractivity contribution in [2.75, 3.05) is 19.6 Å². The van der Waals surface area contributed by atoms with Crippen LogP contribution < -0.4 is 10.1 Å². The van der Waals surface area contributed by atoms with Crippen LogP contribution in [0.5, 0.6) is 5.75 Å². The highest BCUT2D eigenvalue weighted by Crippen LogP contribution is 2.23. The van der Waals surface area contributed by atoms with Crippen LogP contribution >= 0.6 is 0 Å². The molecule has 1 fully saturated rings. The number of piperidine rings is 1. The highest BCUT2D eigenvalue weighted by atomic mass is 16.5. The summed E-state index contributed by atoms with van der Waals surface area (Å²) in [4.78, 5) is 39.6. The number of nitrogens with zero attached hydrogens (tertiary/aromatic N) is 1. The molecule has 2 amide bonds. The van der Waals surface area contributed by atoms with Gasteiger partial charge in [0.15, 0.2) is 5.78 Å². The Bertz CT molecular complexity index is 1140. The number of hydrogen-bond acceptors (Lipinski definition) is 4. The molecule has 6 nitrogen and oxygen atoms in total. The number of para-hydroxylation sites is 1. The highest BCUT2D eigenvalue weighted by Gasteiger charge is 2.25. The van der Waals surface area contributed by atoms with E-state index in [9.17, 15) is 14.4 Å². The molecule has 0 radical (unpaired) electrons. The average Bonchev–Trinajstić information content (AvgIpc) is 2.92. The maximum absolute atomic E-state index is 12.8. The Kier molecular flexibility index (Phi) is 8.28. The van der Waals surface area contributed by atoms with Gasteiger partial charge in [-0.3, -0.25) is 14.4 Å². The first-order valence-electron chi connectivity index (χ1n) is 12.0. The molecule has 6 heteroatoms. The summed E-state index contributed by atoms with van der Waals surface area (Å²) in [6.45, 7) is 1.19. The van der Waals surface area contributed by atoms with Crippen LogP contribution in [0.4, 0.5) is 0 Å². The Hall–Kier alpha value is -3.93. The minimum absolute atomic E-state index is 0.0759. The van der Waals surface area contributed by atoms with Crippen molar-refractivity contribution >= 4 is 17.6 Å². The maximum atomic E-state index is 12.8. The maximum Gasteiger partial charge on any atom is 0.255 e. The lowest BCUT2D eigenvalue weighted by Gasteiger charge is -2.32. The third-order valence-electron chi connectivity index (χ3n) is 6.20. The Morgan fingerprint density at radius 1 is 0.829 bits per heavy atom. The summed E-state index contributed by atoms with van der Waals surface area (Å²) < 4.78 is 6.17. The van der Waals surface area contributed by atoms with Crippen LogP contribution in [0.25, 0.3) is 0 Å². The lowest BCUT2D eigenvalue weighted by atomic mass is 10.1. The van der Waals surface area contributed by atoms with E-state index in [1.54, 1.807) is 42.5 Å². The number of carbonyl (C=O) groups excluding carboxylic acids is 3. The predicted molar refractivity (Wildman–Crippen MR) is 135 cm³/mol.